The Labute approximate surface area is 157 Å². The van der Waals surface area contributed by atoms with E-state index in [0.29, 0.717) is 0 Å². The number of allylic oxidation sites excluding steroid dienone is 1. The van der Waals surface area contributed by atoms with Crippen LogP contribution in [0.15, 0.2) is 46.9 Å². The highest BCUT2D eigenvalue weighted by molar-refractivity contribution is 9.10. The van der Waals surface area contributed by atoms with Crippen molar-refractivity contribution in [1.29, 1.82) is 0 Å². The van der Waals surface area contributed by atoms with Crippen LogP contribution in [0, 0.1) is 6.92 Å². The van der Waals surface area contributed by atoms with Crippen LogP contribution in [0.4, 0.5) is 5.69 Å². The van der Waals surface area contributed by atoms with E-state index in [1.54, 1.807) is 0 Å². The summed E-state index contributed by atoms with van der Waals surface area (Å²) < 4.78 is 1.01. The Balaban J connectivity index is 1.99. The lowest BCUT2D eigenvalue weighted by Gasteiger charge is -2.38. The molecule has 2 aliphatic heterocycles. The number of hydrogen-bond acceptors (Lipinski definition) is 1. The number of halogens is 1. The van der Waals surface area contributed by atoms with Crippen molar-refractivity contribution in [1.82, 2.24) is 0 Å². The van der Waals surface area contributed by atoms with E-state index in [1.807, 2.05) is 35.2 Å². The number of amides is 1. The Bertz CT molecular complexity index is 982. The number of aryl methyl sites for hydroxylation is 1. The van der Waals surface area contributed by atoms with Crippen LogP contribution >= 0.6 is 15.9 Å². The molecule has 0 saturated heterocycles. The quantitative estimate of drug-likeness (QED) is 0.557. The zero-order valence-electron chi connectivity index (χ0n) is 14.9. The maximum absolute atomic E-state index is 13.3. The van der Waals surface area contributed by atoms with Crippen LogP contribution in [0.2, 0.25) is 0 Å². The lowest BCUT2D eigenvalue weighted by atomic mass is 9.88. The largest absolute Gasteiger partial charge is 0.298 e. The number of benzene rings is 2. The van der Waals surface area contributed by atoms with Gasteiger partial charge in [0.25, 0.3) is 5.91 Å². The zero-order chi connectivity index (χ0) is 17.9. The number of carbonyl (C=O) groups excluding carboxylic acids is 1. The fourth-order valence-corrected chi connectivity index (χ4v) is 4.40. The van der Waals surface area contributed by atoms with Gasteiger partial charge in [-0.2, -0.15) is 0 Å². The summed E-state index contributed by atoms with van der Waals surface area (Å²) in [5, 5.41) is 0. The molecule has 4 rings (SSSR count). The van der Waals surface area contributed by atoms with E-state index in [0.717, 1.165) is 26.9 Å². The molecule has 0 aliphatic carbocycles. The van der Waals surface area contributed by atoms with E-state index in [4.69, 9.17) is 0 Å². The predicted octanol–water partition coefficient (Wildman–Crippen LogP) is 5.84. The molecule has 0 unspecified atom stereocenters. The number of rotatable bonds is 1. The molecule has 2 nitrogen and oxygen atoms in total. The Morgan fingerprint density at radius 1 is 1.08 bits per heavy atom. The van der Waals surface area contributed by atoms with Crippen LogP contribution in [-0.2, 0) is 4.79 Å². The average molecular weight is 394 g/mol. The van der Waals surface area contributed by atoms with Crippen LogP contribution in [0.5, 0.6) is 0 Å². The van der Waals surface area contributed by atoms with Crippen LogP contribution in [-0.4, -0.2) is 11.4 Å². The lowest BCUT2D eigenvalue weighted by molar-refractivity contribution is -0.113. The molecular weight excluding hydrogens is 374 g/mol. The van der Waals surface area contributed by atoms with Crippen LogP contribution < -0.4 is 4.90 Å². The first-order valence-electron chi connectivity index (χ1n) is 8.44. The number of carbonyl (C=O) groups is 1. The first kappa shape index (κ1) is 16.3. The molecule has 25 heavy (non-hydrogen) atoms. The van der Waals surface area contributed by atoms with Crippen molar-refractivity contribution in [2.24, 2.45) is 0 Å². The van der Waals surface area contributed by atoms with Crippen molar-refractivity contribution in [3.63, 3.8) is 0 Å². The summed E-state index contributed by atoms with van der Waals surface area (Å²) in [6.07, 6.45) is 4.20. The van der Waals surface area contributed by atoms with E-state index >= 15 is 0 Å². The topological polar surface area (TPSA) is 20.3 Å². The third-order valence-corrected chi connectivity index (χ3v) is 5.43. The third kappa shape index (κ3) is 2.49. The minimum absolute atomic E-state index is 0.0792. The summed E-state index contributed by atoms with van der Waals surface area (Å²) in [7, 11) is 0. The van der Waals surface area contributed by atoms with E-state index in [9.17, 15) is 4.79 Å². The van der Waals surface area contributed by atoms with Gasteiger partial charge >= 0.3 is 0 Å². The Kier molecular flexibility index (Phi) is 3.55. The molecule has 2 aromatic carbocycles. The van der Waals surface area contributed by atoms with Crippen molar-refractivity contribution in [3.8, 4) is 0 Å². The Hall–Kier alpha value is -2.13. The van der Waals surface area contributed by atoms with Crippen LogP contribution in [0.25, 0.3) is 17.2 Å². The standard InChI is InChI=1S/C22H20BrNO/c1-13-8-17-14(2)12-22(3,4)24-20(17)18(9-13)19(21(24)25)11-15-6-5-7-16(23)10-15/h5-12H,1-4H3. The number of hydrogen-bond donors (Lipinski definition) is 0. The van der Waals surface area contributed by atoms with Gasteiger partial charge in [-0.25, -0.2) is 0 Å². The van der Waals surface area contributed by atoms with E-state index in [2.05, 4.69) is 61.8 Å². The second kappa shape index (κ2) is 5.43. The van der Waals surface area contributed by atoms with Gasteiger partial charge in [0, 0.05) is 21.2 Å². The highest BCUT2D eigenvalue weighted by Crippen LogP contribution is 2.49. The number of nitrogens with zero attached hydrogens (tertiary/aromatic N) is 1. The molecule has 0 aromatic heterocycles. The van der Waals surface area contributed by atoms with Crippen molar-refractivity contribution in [2.75, 3.05) is 4.90 Å². The van der Waals surface area contributed by atoms with Gasteiger partial charge in [0.05, 0.1) is 11.2 Å². The second-order valence-electron chi connectivity index (χ2n) is 7.44. The van der Waals surface area contributed by atoms with Crippen molar-refractivity contribution < 1.29 is 4.79 Å². The molecule has 0 saturated carbocycles. The van der Waals surface area contributed by atoms with E-state index < -0.39 is 0 Å². The molecule has 2 aromatic rings. The highest BCUT2D eigenvalue weighted by atomic mass is 79.9. The first-order valence-corrected chi connectivity index (χ1v) is 9.24. The molecule has 0 N–H and O–H groups in total. The molecule has 2 aliphatic rings. The fourth-order valence-electron chi connectivity index (χ4n) is 3.99. The Morgan fingerprint density at radius 2 is 1.80 bits per heavy atom. The summed E-state index contributed by atoms with van der Waals surface area (Å²) in [6, 6.07) is 12.4. The normalized spacial score (nSPS) is 19.2. The SMILES string of the molecule is CC1=CC(C)(C)N2C(=O)C(=Cc3cccc(Br)c3)c3cc(C)cc1c32. The molecule has 2 heterocycles. The van der Waals surface area contributed by atoms with Gasteiger partial charge in [-0.1, -0.05) is 34.1 Å². The van der Waals surface area contributed by atoms with E-state index in [-0.39, 0.29) is 11.4 Å². The zero-order valence-corrected chi connectivity index (χ0v) is 16.4. The molecule has 0 spiro atoms. The van der Waals surface area contributed by atoms with Crippen LogP contribution in [0.1, 0.15) is 43.0 Å². The molecule has 0 radical (unpaired) electrons. The van der Waals surface area contributed by atoms with Crippen LogP contribution in [0.3, 0.4) is 0 Å². The molecule has 0 atom stereocenters. The minimum Gasteiger partial charge on any atom is -0.298 e. The summed E-state index contributed by atoms with van der Waals surface area (Å²) in [6.45, 7) is 8.42. The Morgan fingerprint density at radius 3 is 2.52 bits per heavy atom. The average Bonchev–Trinajstić information content (AvgIpc) is 2.78. The minimum atomic E-state index is -0.328. The summed E-state index contributed by atoms with van der Waals surface area (Å²) in [4.78, 5) is 15.3. The van der Waals surface area contributed by atoms with Crippen molar-refractivity contribution in [2.45, 2.75) is 33.2 Å². The van der Waals surface area contributed by atoms with Gasteiger partial charge in [0.2, 0.25) is 0 Å². The van der Waals surface area contributed by atoms with Crippen molar-refractivity contribution >= 4 is 44.7 Å². The summed E-state index contributed by atoms with van der Waals surface area (Å²) >= 11 is 3.51. The predicted molar refractivity (Wildman–Crippen MR) is 108 cm³/mol. The van der Waals surface area contributed by atoms with Gasteiger partial charge in [-0.3, -0.25) is 9.69 Å². The maximum atomic E-state index is 13.3. The third-order valence-electron chi connectivity index (χ3n) is 4.93. The molecule has 0 fully saturated rings. The molecule has 126 valence electrons. The molecule has 3 heteroatoms. The monoisotopic (exact) mass is 393 g/mol. The molecule has 0 bridgehead atoms. The van der Waals surface area contributed by atoms with Gasteiger partial charge in [0.1, 0.15) is 0 Å². The molecule has 1 amide bonds. The fraction of sp³-hybridized carbons (Fsp3) is 0.227. The van der Waals surface area contributed by atoms with Gasteiger partial charge < -0.3 is 0 Å². The smallest absolute Gasteiger partial charge is 0.259 e. The van der Waals surface area contributed by atoms with Gasteiger partial charge in [-0.15, -0.1) is 0 Å². The molecular formula is C22H20BrNO. The van der Waals surface area contributed by atoms with Gasteiger partial charge in [-0.05, 0) is 74.7 Å². The summed E-state index contributed by atoms with van der Waals surface area (Å²) in [5.74, 6) is 0.0792. The first-order chi connectivity index (χ1) is 11.8. The van der Waals surface area contributed by atoms with Gasteiger partial charge in [0.15, 0.2) is 0 Å². The second-order valence-corrected chi connectivity index (χ2v) is 8.36. The van der Waals surface area contributed by atoms with Crippen molar-refractivity contribution in [3.05, 3.63) is 69.2 Å². The number of anilines is 1. The maximum Gasteiger partial charge on any atom is 0.259 e. The van der Waals surface area contributed by atoms with E-state index in [1.165, 1.54) is 16.7 Å². The lowest BCUT2D eigenvalue weighted by Crippen LogP contribution is -2.46. The highest BCUT2D eigenvalue weighted by Gasteiger charge is 2.44. The summed E-state index contributed by atoms with van der Waals surface area (Å²) in [5.41, 5.74) is 7.14.